The summed E-state index contributed by atoms with van der Waals surface area (Å²) >= 11 is 0. The summed E-state index contributed by atoms with van der Waals surface area (Å²) in [6.45, 7) is 6.70. The first-order valence-electron chi connectivity index (χ1n) is 13.5. The van der Waals surface area contributed by atoms with Crippen molar-refractivity contribution in [3.05, 3.63) is 99.6 Å². The van der Waals surface area contributed by atoms with Crippen LogP contribution in [-0.2, 0) is 6.42 Å². The van der Waals surface area contributed by atoms with Gasteiger partial charge in [0.1, 0.15) is 18.1 Å². The highest BCUT2D eigenvalue weighted by Gasteiger charge is 2.24. The zero-order chi connectivity index (χ0) is 25.8. The molecule has 192 valence electrons. The molecular formula is C33H36FNO2. The minimum atomic E-state index is -0.261. The lowest BCUT2D eigenvalue weighted by atomic mass is 9.86. The maximum Gasteiger partial charge on any atom is 0.150 e. The SMILES string of the molecule is Cc1ccc(C2=C(c3ccc(OC4CCN(CCCF)C4)cc3)c3ccc(C=O)cc3CCC2)c(C)c1. The third-order valence-corrected chi connectivity index (χ3v) is 7.70. The van der Waals surface area contributed by atoms with E-state index in [4.69, 9.17) is 4.74 Å². The van der Waals surface area contributed by atoms with Crippen molar-refractivity contribution < 1.29 is 13.9 Å². The quantitative estimate of drug-likeness (QED) is 0.308. The van der Waals surface area contributed by atoms with E-state index in [2.05, 4.69) is 73.3 Å². The minimum absolute atomic E-state index is 0.149. The number of halogens is 1. The fourth-order valence-electron chi connectivity index (χ4n) is 5.90. The molecule has 0 N–H and O–H groups in total. The second-order valence-electron chi connectivity index (χ2n) is 10.5. The smallest absolute Gasteiger partial charge is 0.150 e. The van der Waals surface area contributed by atoms with Gasteiger partial charge in [0.15, 0.2) is 0 Å². The number of alkyl halides is 1. The first-order valence-corrected chi connectivity index (χ1v) is 13.5. The summed E-state index contributed by atoms with van der Waals surface area (Å²) in [7, 11) is 0. The Balaban J connectivity index is 1.50. The lowest BCUT2D eigenvalue weighted by Crippen LogP contribution is -2.26. The van der Waals surface area contributed by atoms with Gasteiger partial charge in [-0.25, -0.2) is 0 Å². The molecule has 1 unspecified atom stereocenters. The topological polar surface area (TPSA) is 29.5 Å². The summed E-state index contributed by atoms with van der Waals surface area (Å²) in [5.41, 5.74) is 10.8. The van der Waals surface area contributed by atoms with Gasteiger partial charge in [-0.05, 0) is 103 Å². The van der Waals surface area contributed by atoms with Gasteiger partial charge < -0.3 is 4.74 Å². The minimum Gasteiger partial charge on any atom is -0.489 e. The van der Waals surface area contributed by atoms with Gasteiger partial charge >= 0.3 is 0 Å². The summed E-state index contributed by atoms with van der Waals surface area (Å²) in [5, 5.41) is 0. The zero-order valence-electron chi connectivity index (χ0n) is 21.9. The Kier molecular flexibility index (Phi) is 7.85. The number of likely N-dealkylation sites (tertiary alicyclic amines) is 1. The van der Waals surface area contributed by atoms with Crippen molar-refractivity contribution in [2.75, 3.05) is 26.3 Å². The van der Waals surface area contributed by atoms with Crippen LogP contribution in [0.3, 0.4) is 0 Å². The summed E-state index contributed by atoms with van der Waals surface area (Å²) in [6, 6.07) is 21.3. The number of aryl methyl sites for hydroxylation is 3. The standard InChI is InChI=1S/C33H36FNO2/c1-23-7-13-30(24(2)19-23)32-6-3-5-27-20-25(22-36)8-14-31(27)33(32)26-9-11-28(12-10-26)37-29-15-18-35(21-29)17-4-16-34/h7-14,19-20,22,29H,3-6,15-18,21H2,1-2H3. The molecule has 1 saturated heterocycles. The number of rotatable bonds is 8. The number of nitrogens with zero attached hydrogens (tertiary/aromatic N) is 1. The second kappa shape index (κ2) is 11.4. The van der Waals surface area contributed by atoms with Crippen molar-refractivity contribution in [3.8, 4) is 5.75 Å². The van der Waals surface area contributed by atoms with Gasteiger partial charge in [0, 0.05) is 25.2 Å². The lowest BCUT2D eigenvalue weighted by molar-refractivity contribution is 0.112. The summed E-state index contributed by atoms with van der Waals surface area (Å²) < 4.78 is 18.8. The molecule has 37 heavy (non-hydrogen) atoms. The Labute approximate surface area is 220 Å². The van der Waals surface area contributed by atoms with Crippen LogP contribution in [0, 0.1) is 13.8 Å². The lowest BCUT2D eigenvalue weighted by Gasteiger charge is -2.19. The largest absolute Gasteiger partial charge is 0.489 e. The van der Waals surface area contributed by atoms with Gasteiger partial charge in [-0.1, -0.05) is 48.0 Å². The third-order valence-electron chi connectivity index (χ3n) is 7.70. The highest BCUT2D eigenvalue weighted by Crippen LogP contribution is 2.41. The number of carbonyl (C=O) groups excluding carboxylic acids is 1. The molecular weight excluding hydrogens is 461 g/mol. The van der Waals surface area contributed by atoms with Crippen molar-refractivity contribution in [2.45, 2.75) is 52.1 Å². The van der Waals surface area contributed by atoms with Gasteiger partial charge in [-0.2, -0.15) is 0 Å². The monoisotopic (exact) mass is 497 g/mol. The molecule has 0 aromatic heterocycles. The van der Waals surface area contributed by atoms with E-state index in [0.717, 1.165) is 62.9 Å². The van der Waals surface area contributed by atoms with E-state index in [1.165, 1.54) is 44.5 Å². The normalized spacial score (nSPS) is 18.0. The van der Waals surface area contributed by atoms with E-state index >= 15 is 0 Å². The van der Waals surface area contributed by atoms with E-state index in [1.54, 1.807) is 0 Å². The van der Waals surface area contributed by atoms with Gasteiger partial charge in [0.25, 0.3) is 0 Å². The molecule has 0 spiro atoms. The predicted octanol–water partition coefficient (Wildman–Crippen LogP) is 7.22. The van der Waals surface area contributed by atoms with Crippen LogP contribution in [0.1, 0.15) is 69.4 Å². The van der Waals surface area contributed by atoms with E-state index in [9.17, 15) is 9.18 Å². The second-order valence-corrected chi connectivity index (χ2v) is 10.5. The highest BCUT2D eigenvalue weighted by molar-refractivity contribution is 6.00. The van der Waals surface area contributed by atoms with E-state index in [0.29, 0.717) is 6.42 Å². The Bertz CT molecular complexity index is 1290. The predicted molar refractivity (Wildman–Crippen MR) is 149 cm³/mol. The molecule has 1 atom stereocenters. The molecule has 0 saturated carbocycles. The molecule has 2 aliphatic rings. The zero-order valence-corrected chi connectivity index (χ0v) is 21.9. The molecule has 1 heterocycles. The molecule has 1 aliphatic carbocycles. The van der Waals surface area contributed by atoms with Crippen molar-refractivity contribution in [1.29, 1.82) is 0 Å². The molecule has 3 aromatic carbocycles. The third kappa shape index (κ3) is 5.70. The number of allylic oxidation sites excluding steroid dienone is 1. The molecule has 0 amide bonds. The molecule has 1 aliphatic heterocycles. The average Bonchev–Trinajstić information content (AvgIpc) is 3.26. The number of carbonyl (C=O) groups is 1. The molecule has 1 fully saturated rings. The summed E-state index contributed by atoms with van der Waals surface area (Å²) in [6.07, 6.45) is 5.64. The number of hydrogen-bond acceptors (Lipinski definition) is 3. The van der Waals surface area contributed by atoms with E-state index in [1.807, 2.05) is 6.07 Å². The molecule has 3 nitrogen and oxygen atoms in total. The van der Waals surface area contributed by atoms with Crippen molar-refractivity contribution in [1.82, 2.24) is 4.90 Å². The molecule has 5 rings (SSSR count). The number of aldehydes is 1. The Hall–Kier alpha value is -3.24. The number of fused-ring (bicyclic) bond motifs is 1. The van der Waals surface area contributed by atoms with Gasteiger partial charge in [0.2, 0.25) is 0 Å². The van der Waals surface area contributed by atoms with Crippen molar-refractivity contribution >= 4 is 17.4 Å². The number of benzene rings is 3. The first-order chi connectivity index (χ1) is 18.1. The molecule has 0 radical (unpaired) electrons. The fourth-order valence-corrected chi connectivity index (χ4v) is 5.90. The fraction of sp³-hybridized carbons (Fsp3) is 0.364. The van der Waals surface area contributed by atoms with Crippen molar-refractivity contribution in [3.63, 3.8) is 0 Å². The van der Waals surface area contributed by atoms with Crippen LogP contribution in [0.15, 0.2) is 60.7 Å². The maximum absolute atomic E-state index is 12.5. The Morgan fingerprint density at radius 1 is 1.00 bits per heavy atom. The van der Waals surface area contributed by atoms with Gasteiger partial charge in [0.05, 0.1) is 6.67 Å². The average molecular weight is 498 g/mol. The van der Waals surface area contributed by atoms with Crippen molar-refractivity contribution in [2.24, 2.45) is 0 Å². The Morgan fingerprint density at radius 2 is 1.81 bits per heavy atom. The highest BCUT2D eigenvalue weighted by atomic mass is 19.1. The first kappa shape index (κ1) is 25.4. The molecule has 0 bridgehead atoms. The van der Waals surface area contributed by atoms with Gasteiger partial charge in [-0.15, -0.1) is 0 Å². The number of ether oxygens (including phenoxy) is 1. The Morgan fingerprint density at radius 3 is 2.57 bits per heavy atom. The number of hydrogen-bond donors (Lipinski definition) is 0. The summed E-state index contributed by atoms with van der Waals surface area (Å²) in [5.74, 6) is 0.875. The van der Waals surface area contributed by atoms with Crippen LogP contribution in [-0.4, -0.2) is 43.6 Å². The van der Waals surface area contributed by atoms with Gasteiger partial charge in [-0.3, -0.25) is 14.1 Å². The van der Waals surface area contributed by atoms with Crippen LogP contribution in [0.5, 0.6) is 5.75 Å². The molecule has 3 aromatic rings. The van der Waals surface area contributed by atoms with Crippen LogP contribution in [0.4, 0.5) is 4.39 Å². The van der Waals surface area contributed by atoms with Crippen LogP contribution < -0.4 is 4.74 Å². The van der Waals surface area contributed by atoms with Crippen LogP contribution in [0.25, 0.3) is 11.1 Å². The van der Waals surface area contributed by atoms with E-state index in [-0.39, 0.29) is 12.8 Å². The molecule has 4 heteroatoms. The maximum atomic E-state index is 12.5. The van der Waals surface area contributed by atoms with Crippen LogP contribution >= 0.6 is 0 Å². The van der Waals surface area contributed by atoms with E-state index < -0.39 is 0 Å². The van der Waals surface area contributed by atoms with Crippen LogP contribution in [0.2, 0.25) is 0 Å². The summed E-state index contributed by atoms with van der Waals surface area (Å²) in [4.78, 5) is 13.8.